The highest BCUT2D eigenvalue weighted by molar-refractivity contribution is 5.91. The van der Waals surface area contributed by atoms with Crippen LogP contribution in [0.4, 0.5) is 11.8 Å². The van der Waals surface area contributed by atoms with Crippen molar-refractivity contribution in [3.8, 4) is 0 Å². The van der Waals surface area contributed by atoms with E-state index in [4.69, 9.17) is 5.73 Å². The van der Waals surface area contributed by atoms with Crippen molar-refractivity contribution in [1.82, 2.24) is 20.2 Å². The molecule has 3 heterocycles. The number of aromatic amines is 1. The van der Waals surface area contributed by atoms with E-state index >= 15 is 0 Å². The number of rotatable bonds is 5. The molecule has 2 aromatic rings. The van der Waals surface area contributed by atoms with Gasteiger partial charge >= 0.3 is 0 Å². The minimum absolute atomic E-state index is 0.308. The SMILES string of the molecule is CCCNc1nc(N2CCCC2C(N)=O)c2cn[nH]c2n1. The van der Waals surface area contributed by atoms with Gasteiger partial charge in [0, 0.05) is 13.1 Å². The largest absolute Gasteiger partial charge is 0.368 e. The molecule has 8 heteroatoms. The number of nitrogens with two attached hydrogens (primary N) is 1. The summed E-state index contributed by atoms with van der Waals surface area (Å²) in [5.41, 5.74) is 6.16. The fourth-order valence-corrected chi connectivity index (χ4v) is 2.67. The number of aromatic nitrogens is 4. The number of hydrogen-bond donors (Lipinski definition) is 3. The lowest BCUT2D eigenvalue weighted by atomic mass is 10.2. The van der Waals surface area contributed by atoms with Crippen LogP contribution >= 0.6 is 0 Å². The maximum atomic E-state index is 11.6. The van der Waals surface area contributed by atoms with Gasteiger partial charge in [-0.3, -0.25) is 9.89 Å². The van der Waals surface area contributed by atoms with Crippen molar-refractivity contribution in [3.63, 3.8) is 0 Å². The van der Waals surface area contributed by atoms with Gasteiger partial charge in [0.25, 0.3) is 0 Å². The zero-order valence-corrected chi connectivity index (χ0v) is 12.0. The smallest absolute Gasteiger partial charge is 0.240 e. The van der Waals surface area contributed by atoms with Crippen LogP contribution in [0.2, 0.25) is 0 Å². The summed E-state index contributed by atoms with van der Waals surface area (Å²) in [5.74, 6) is 0.943. The third-order valence-corrected chi connectivity index (χ3v) is 3.68. The van der Waals surface area contributed by atoms with E-state index in [1.54, 1.807) is 6.20 Å². The fourth-order valence-electron chi connectivity index (χ4n) is 2.67. The molecule has 1 aliphatic rings. The Labute approximate surface area is 122 Å². The van der Waals surface area contributed by atoms with Crippen LogP contribution < -0.4 is 16.0 Å². The van der Waals surface area contributed by atoms with Gasteiger partial charge in [0.15, 0.2) is 5.65 Å². The normalized spacial score (nSPS) is 18.3. The molecule has 1 saturated heterocycles. The number of primary amides is 1. The number of nitrogens with zero attached hydrogens (tertiary/aromatic N) is 4. The van der Waals surface area contributed by atoms with Gasteiger partial charge in [0.2, 0.25) is 11.9 Å². The number of H-pyrrole nitrogens is 1. The van der Waals surface area contributed by atoms with Crippen LogP contribution in [0.5, 0.6) is 0 Å². The molecule has 0 spiro atoms. The number of carbonyl (C=O) groups excluding carboxylic acids is 1. The molecule has 2 aromatic heterocycles. The van der Waals surface area contributed by atoms with E-state index < -0.39 is 0 Å². The van der Waals surface area contributed by atoms with Crippen LogP contribution in [0, 0.1) is 0 Å². The molecule has 0 aromatic carbocycles. The van der Waals surface area contributed by atoms with E-state index in [9.17, 15) is 4.79 Å². The van der Waals surface area contributed by atoms with E-state index in [-0.39, 0.29) is 11.9 Å². The lowest BCUT2D eigenvalue weighted by molar-refractivity contribution is -0.119. The number of amides is 1. The maximum Gasteiger partial charge on any atom is 0.240 e. The van der Waals surface area contributed by atoms with Crippen molar-refractivity contribution in [1.29, 1.82) is 0 Å². The van der Waals surface area contributed by atoms with Crippen molar-refractivity contribution in [2.24, 2.45) is 5.73 Å². The molecule has 0 saturated carbocycles. The first-order valence-corrected chi connectivity index (χ1v) is 7.21. The topological polar surface area (TPSA) is 113 Å². The Hall–Kier alpha value is -2.38. The van der Waals surface area contributed by atoms with Crippen LogP contribution in [-0.2, 0) is 4.79 Å². The van der Waals surface area contributed by atoms with Crippen LogP contribution in [0.15, 0.2) is 6.20 Å². The molecular weight excluding hydrogens is 270 g/mol. The van der Waals surface area contributed by atoms with Crippen LogP contribution in [0.25, 0.3) is 11.0 Å². The Bertz CT molecular complexity index is 653. The van der Waals surface area contributed by atoms with Crippen LogP contribution in [0.3, 0.4) is 0 Å². The molecule has 21 heavy (non-hydrogen) atoms. The van der Waals surface area contributed by atoms with E-state index in [1.807, 2.05) is 4.90 Å². The summed E-state index contributed by atoms with van der Waals surface area (Å²) in [6.07, 6.45) is 4.35. The zero-order valence-electron chi connectivity index (χ0n) is 12.0. The molecule has 0 aliphatic carbocycles. The molecule has 112 valence electrons. The fraction of sp³-hybridized carbons (Fsp3) is 0.538. The third-order valence-electron chi connectivity index (χ3n) is 3.68. The molecule has 0 bridgehead atoms. The lowest BCUT2D eigenvalue weighted by Crippen LogP contribution is -2.40. The molecule has 1 aliphatic heterocycles. The van der Waals surface area contributed by atoms with Crippen LogP contribution in [0.1, 0.15) is 26.2 Å². The second-order valence-corrected chi connectivity index (χ2v) is 5.18. The molecule has 0 radical (unpaired) electrons. The molecule has 1 fully saturated rings. The van der Waals surface area contributed by atoms with E-state index in [2.05, 4.69) is 32.4 Å². The number of hydrogen-bond acceptors (Lipinski definition) is 6. The minimum Gasteiger partial charge on any atom is -0.368 e. The zero-order chi connectivity index (χ0) is 14.8. The summed E-state index contributed by atoms with van der Waals surface area (Å²) >= 11 is 0. The lowest BCUT2D eigenvalue weighted by Gasteiger charge is -2.24. The molecule has 1 atom stereocenters. The third kappa shape index (κ3) is 2.48. The molecule has 4 N–H and O–H groups in total. The number of fused-ring (bicyclic) bond motifs is 1. The maximum absolute atomic E-state index is 11.6. The van der Waals surface area contributed by atoms with Gasteiger partial charge < -0.3 is 16.0 Å². The second kappa shape index (κ2) is 5.55. The summed E-state index contributed by atoms with van der Waals surface area (Å²) in [6, 6.07) is -0.308. The number of carbonyl (C=O) groups is 1. The van der Waals surface area contributed by atoms with Crippen molar-refractivity contribution in [3.05, 3.63) is 6.20 Å². The first-order chi connectivity index (χ1) is 10.2. The van der Waals surface area contributed by atoms with Crippen molar-refractivity contribution >= 4 is 28.7 Å². The van der Waals surface area contributed by atoms with Gasteiger partial charge in [-0.2, -0.15) is 15.1 Å². The summed E-state index contributed by atoms with van der Waals surface area (Å²) in [5, 5.41) is 10.9. The van der Waals surface area contributed by atoms with Crippen molar-refractivity contribution in [2.75, 3.05) is 23.3 Å². The highest BCUT2D eigenvalue weighted by Gasteiger charge is 2.31. The predicted molar refractivity (Wildman–Crippen MR) is 80.0 cm³/mol. The number of anilines is 2. The Morgan fingerprint density at radius 1 is 1.57 bits per heavy atom. The summed E-state index contributed by atoms with van der Waals surface area (Å²) in [7, 11) is 0. The van der Waals surface area contributed by atoms with Gasteiger partial charge in [-0.05, 0) is 19.3 Å². The first-order valence-electron chi connectivity index (χ1n) is 7.21. The van der Waals surface area contributed by atoms with Crippen LogP contribution in [-0.4, -0.2) is 45.2 Å². The molecular formula is C13H19N7O. The molecule has 1 unspecified atom stereocenters. The van der Waals surface area contributed by atoms with E-state index in [0.717, 1.165) is 37.7 Å². The average molecular weight is 289 g/mol. The Morgan fingerprint density at radius 2 is 2.43 bits per heavy atom. The van der Waals surface area contributed by atoms with Gasteiger partial charge in [0.05, 0.1) is 11.6 Å². The Kier molecular flexibility index (Phi) is 3.59. The van der Waals surface area contributed by atoms with Gasteiger partial charge in [-0.25, -0.2) is 0 Å². The quantitative estimate of drug-likeness (QED) is 0.744. The average Bonchev–Trinajstić information content (AvgIpc) is 3.12. The second-order valence-electron chi connectivity index (χ2n) is 5.18. The standard InChI is InChI=1S/C13H19N7O/c1-2-5-15-13-17-11-8(7-16-19-11)12(18-13)20-6-3-4-9(20)10(14)21/h7,9H,2-6H2,1H3,(H2,14,21)(H2,15,16,17,18,19). The van der Waals surface area contributed by atoms with Gasteiger partial charge in [-0.1, -0.05) is 6.92 Å². The van der Waals surface area contributed by atoms with Gasteiger partial charge in [0.1, 0.15) is 11.9 Å². The number of nitrogens with one attached hydrogen (secondary N) is 2. The molecule has 3 rings (SSSR count). The predicted octanol–water partition coefficient (Wildman–Crippen LogP) is 0.629. The first kappa shape index (κ1) is 13.6. The molecule has 1 amide bonds. The monoisotopic (exact) mass is 289 g/mol. The summed E-state index contributed by atoms with van der Waals surface area (Å²) in [6.45, 7) is 3.63. The van der Waals surface area contributed by atoms with Crippen molar-refractivity contribution in [2.45, 2.75) is 32.2 Å². The minimum atomic E-state index is -0.314. The Morgan fingerprint density at radius 3 is 3.19 bits per heavy atom. The summed E-state index contributed by atoms with van der Waals surface area (Å²) < 4.78 is 0. The van der Waals surface area contributed by atoms with E-state index in [1.165, 1.54) is 0 Å². The van der Waals surface area contributed by atoms with E-state index in [0.29, 0.717) is 17.4 Å². The summed E-state index contributed by atoms with van der Waals surface area (Å²) in [4.78, 5) is 22.5. The Balaban J connectivity index is 2.03. The van der Waals surface area contributed by atoms with Gasteiger partial charge in [-0.15, -0.1) is 0 Å². The van der Waals surface area contributed by atoms with Crippen molar-refractivity contribution < 1.29 is 4.79 Å². The highest BCUT2D eigenvalue weighted by atomic mass is 16.1. The highest BCUT2D eigenvalue weighted by Crippen LogP contribution is 2.30. The molecule has 8 nitrogen and oxygen atoms in total.